The second kappa shape index (κ2) is 11.9. The molecule has 4 heterocycles. The summed E-state index contributed by atoms with van der Waals surface area (Å²) in [6, 6.07) is 21.3. The van der Waals surface area contributed by atoms with E-state index in [-0.39, 0.29) is 39.7 Å². The van der Waals surface area contributed by atoms with Gasteiger partial charge in [-0.3, -0.25) is 14.3 Å². The third kappa shape index (κ3) is 5.84. The van der Waals surface area contributed by atoms with Gasteiger partial charge >= 0.3 is 0 Å². The fourth-order valence-corrected chi connectivity index (χ4v) is 8.00. The van der Waals surface area contributed by atoms with E-state index in [0.29, 0.717) is 57.1 Å². The molecule has 238 valence electrons. The van der Waals surface area contributed by atoms with E-state index in [1.165, 1.54) is 24.3 Å². The zero-order chi connectivity index (χ0) is 32.0. The number of nitrogens with zero attached hydrogens (tertiary/aromatic N) is 4. The predicted octanol–water partition coefficient (Wildman–Crippen LogP) is 4.51. The van der Waals surface area contributed by atoms with Crippen molar-refractivity contribution in [1.82, 2.24) is 9.47 Å². The number of hydrogen-bond donors (Lipinski definition) is 1. The van der Waals surface area contributed by atoms with Crippen molar-refractivity contribution >= 4 is 33.0 Å². The molecule has 2 atom stereocenters. The fourth-order valence-electron chi connectivity index (χ4n) is 6.94. The molecule has 7 rings (SSSR count). The number of pyridine rings is 1. The summed E-state index contributed by atoms with van der Waals surface area (Å²) < 4.78 is 58.5. The summed E-state index contributed by atoms with van der Waals surface area (Å²) in [4.78, 5) is 32.1. The second-order valence-corrected chi connectivity index (χ2v) is 13.8. The highest BCUT2D eigenvalue weighted by molar-refractivity contribution is 7.92. The third-order valence-electron chi connectivity index (χ3n) is 9.19. The SMILES string of the molecule is O=C(c1ccc(N2C[C@H]3C[C@@H](C2)c2cccc(=O)n2C3)c(NS(=O)(=O)c2ccc(F)cc2)c1)N1CCN(c2ccc(F)cc2)CC1. The van der Waals surface area contributed by atoms with Crippen molar-refractivity contribution in [3.8, 4) is 0 Å². The molecular formula is C34H33F2N5O4S. The quantitative estimate of drug-likeness (QED) is 0.332. The minimum atomic E-state index is -4.12. The molecule has 46 heavy (non-hydrogen) atoms. The maximum atomic E-state index is 13.7. The Balaban J connectivity index is 1.17. The third-order valence-corrected chi connectivity index (χ3v) is 10.6. The molecule has 0 unspecified atom stereocenters. The van der Waals surface area contributed by atoms with Crippen molar-refractivity contribution in [3.63, 3.8) is 0 Å². The van der Waals surface area contributed by atoms with Crippen LogP contribution in [0.1, 0.15) is 28.4 Å². The molecule has 0 radical (unpaired) electrons. The first-order valence-electron chi connectivity index (χ1n) is 15.3. The highest BCUT2D eigenvalue weighted by atomic mass is 32.2. The van der Waals surface area contributed by atoms with Crippen LogP contribution in [0.25, 0.3) is 0 Å². The average Bonchev–Trinajstić information content (AvgIpc) is 3.05. The topological polar surface area (TPSA) is 95.0 Å². The van der Waals surface area contributed by atoms with E-state index in [4.69, 9.17) is 0 Å². The summed E-state index contributed by atoms with van der Waals surface area (Å²) in [7, 11) is -4.12. The Morgan fingerprint density at radius 1 is 0.783 bits per heavy atom. The number of piperidine rings is 1. The van der Waals surface area contributed by atoms with Crippen molar-refractivity contribution in [2.75, 3.05) is 53.8 Å². The number of carbonyl (C=O) groups is 1. The van der Waals surface area contributed by atoms with Crippen molar-refractivity contribution in [2.45, 2.75) is 23.8 Å². The van der Waals surface area contributed by atoms with Crippen LogP contribution in [0.5, 0.6) is 0 Å². The molecular weight excluding hydrogens is 612 g/mol. The van der Waals surface area contributed by atoms with Gasteiger partial charge in [-0.25, -0.2) is 17.2 Å². The number of nitrogens with one attached hydrogen (secondary N) is 1. The van der Waals surface area contributed by atoms with Gasteiger partial charge in [-0.2, -0.15) is 0 Å². The van der Waals surface area contributed by atoms with Crippen LogP contribution >= 0.6 is 0 Å². The lowest BCUT2D eigenvalue weighted by Crippen LogP contribution is -2.49. The smallest absolute Gasteiger partial charge is 0.261 e. The molecule has 1 amide bonds. The Bertz CT molecular complexity index is 1940. The van der Waals surface area contributed by atoms with Crippen molar-refractivity contribution in [2.24, 2.45) is 5.92 Å². The normalized spacial score (nSPS) is 19.5. The van der Waals surface area contributed by atoms with Gasteiger partial charge in [0.15, 0.2) is 0 Å². The highest BCUT2D eigenvalue weighted by Gasteiger charge is 2.36. The molecule has 3 aliphatic heterocycles. The summed E-state index contributed by atoms with van der Waals surface area (Å²) in [5, 5.41) is 0. The molecule has 2 saturated heterocycles. The van der Waals surface area contributed by atoms with Crippen LogP contribution < -0.4 is 20.1 Å². The summed E-state index contributed by atoms with van der Waals surface area (Å²) in [5.41, 5.74) is 3.05. The van der Waals surface area contributed by atoms with Gasteiger partial charge in [0.2, 0.25) is 0 Å². The molecule has 3 aliphatic rings. The molecule has 2 bridgehead atoms. The zero-order valence-corrected chi connectivity index (χ0v) is 25.8. The number of aromatic nitrogens is 1. The number of rotatable bonds is 6. The fraction of sp³-hybridized carbons (Fsp3) is 0.294. The Kier molecular flexibility index (Phi) is 7.75. The van der Waals surface area contributed by atoms with Gasteiger partial charge in [-0.05, 0) is 85.1 Å². The first kappa shape index (κ1) is 30.0. The van der Waals surface area contributed by atoms with E-state index in [9.17, 15) is 26.8 Å². The van der Waals surface area contributed by atoms with Gasteiger partial charge in [0.05, 0.1) is 16.3 Å². The number of sulfonamides is 1. The average molecular weight is 646 g/mol. The first-order chi connectivity index (χ1) is 22.1. The molecule has 1 N–H and O–H groups in total. The van der Waals surface area contributed by atoms with Crippen LogP contribution in [0, 0.1) is 17.6 Å². The molecule has 0 aliphatic carbocycles. The number of piperazine rings is 1. The minimum Gasteiger partial charge on any atom is -0.369 e. The van der Waals surface area contributed by atoms with E-state index < -0.39 is 15.8 Å². The van der Waals surface area contributed by atoms with Crippen molar-refractivity contribution in [1.29, 1.82) is 0 Å². The van der Waals surface area contributed by atoms with Crippen LogP contribution in [-0.4, -0.2) is 63.1 Å². The van der Waals surface area contributed by atoms with Crippen LogP contribution in [0.15, 0.2) is 94.6 Å². The molecule has 3 aromatic carbocycles. The Morgan fingerprint density at radius 2 is 1.48 bits per heavy atom. The number of halogens is 2. The molecule has 0 saturated carbocycles. The van der Waals surface area contributed by atoms with Crippen molar-refractivity contribution in [3.05, 3.63) is 118 Å². The Morgan fingerprint density at radius 3 is 2.20 bits per heavy atom. The summed E-state index contributed by atoms with van der Waals surface area (Å²) >= 11 is 0. The van der Waals surface area contributed by atoms with E-state index >= 15 is 0 Å². The lowest BCUT2D eigenvalue weighted by molar-refractivity contribution is 0.0747. The highest BCUT2D eigenvalue weighted by Crippen LogP contribution is 2.40. The van der Waals surface area contributed by atoms with Gasteiger partial charge in [0.25, 0.3) is 21.5 Å². The molecule has 9 nitrogen and oxygen atoms in total. The number of benzene rings is 3. The molecule has 1 aromatic heterocycles. The van der Waals surface area contributed by atoms with Gasteiger partial charge in [0, 0.05) is 74.7 Å². The van der Waals surface area contributed by atoms with Gasteiger partial charge in [0.1, 0.15) is 11.6 Å². The van der Waals surface area contributed by atoms with Gasteiger partial charge in [-0.15, -0.1) is 0 Å². The number of anilines is 3. The van der Waals surface area contributed by atoms with Crippen LogP contribution in [-0.2, 0) is 16.6 Å². The molecule has 0 spiro atoms. The molecule has 2 fully saturated rings. The Labute approximate surface area is 265 Å². The minimum absolute atomic E-state index is 0.0187. The zero-order valence-electron chi connectivity index (χ0n) is 25.0. The van der Waals surface area contributed by atoms with Gasteiger partial charge in [-0.1, -0.05) is 6.07 Å². The molecule has 12 heteroatoms. The second-order valence-electron chi connectivity index (χ2n) is 12.2. The lowest BCUT2D eigenvalue weighted by Gasteiger charge is -2.44. The number of amides is 1. The standard InChI is InChI=1S/C34H33F2N5O4S/c35-26-5-9-28(10-6-26)38-14-16-39(17-15-38)34(43)24-4-13-32(30(19-24)37-46(44,45)29-11-7-27(36)8-12-29)40-20-23-18-25(22-40)31-2-1-3-33(42)41(31)21-23/h1-13,19,23,25,37H,14-18,20-22H2/t23-,25+/m1/s1. The van der Waals surface area contributed by atoms with E-state index in [0.717, 1.165) is 29.9 Å². The number of carbonyl (C=O) groups excluding carboxylic acids is 1. The van der Waals surface area contributed by atoms with Crippen LogP contribution in [0.3, 0.4) is 0 Å². The monoisotopic (exact) mass is 645 g/mol. The summed E-state index contributed by atoms with van der Waals surface area (Å²) in [5.74, 6) is -0.810. The van der Waals surface area contributed by atoms with Gasteiger partial charge < -0.3 is 19.3 Å². The van der Waals surface area contributed by atoms with E-state index in [2.05, 4.69) is 14.5 Å². The van der Waals surface area contributed by atoms with Crippen molar-refractivity contribution < 1.29 is 22.0 Å². The maximum Gasteiger partial charge on any atom is 0.261 e. The predicted molar refractivity (Wildman–Crippen MR) is 172 cm³/mol. The largest absolute Gasteiger partial charge is 0.369 e. The Hall–Kier alpha value is -4.71. The molecule has 4 aromatic rings. The van der Waals surface area contributed by atoms with E-state index in [1.54, 1.807) is 47.4 Å². The maximum absolute atomic E-state index is 13.7. The lowest BCUT2D eigenvalue weighted by atomic mass is 9.83. The summed E-state index contributed by atoms with van der Waals surface area (Å²) in [6.45, 7) is 3.80. The van der Waals surface area contributed by atoms with Crippen LogP contribution in [0.4, 0.5) is 25.8 Å². The van der Waals surface area contributed by atoms with E-state index in [1.807, 2.05) is 10.6 Å². The first-order valence-corrected chi connectivity index (χ1v) is 16.8. The summed E-state index contributed by atoms with van der Waals surface area (Å²) in [6.07, 6.45) is 0.928. The number of fused-ring (bicyclic) bond motifs is 4. The number of hydrogen-bond acceptors (Lipinski definition) is 6. The van der Waals surface area contributed by atoms with Crippen LogP contribution in [0.2, 0.25) is 0 Å².